The van der Waals surface area contributed by atoms with Gasteiger partial charge in [0.15, 0.2) is 0 Å². The van der Waals surface area contributed by atoms with Crippen LogP contribution in [0.3, 0.4) is 0 Å². The van der Waals surface area contributed by atoms with Gasteiger partial charge in [-0.25, -0.2) is 4.98 Å². The van der Waals surface area contributed by atoms with Crippen molar-refractivity contribution in [3.8, 4) is 50.5 Å². The van der Waals surface area contributed by atoms with Gasteiger partial charge in [-0.15, -0.1) is 0 Å². The maximum Gasteiger partial charge on any atom is 0.145 e. The summed E-state index contributed by atoms with van der Waals surface area (Å²) in [6.07, 6.45) is 0. The van der Waals surface area contributed by atoms with E-state index in [1.54, 1.807) is 0 Å². The Balaban J connectivity index is 1.09. The highest BCUT2D eigenvalue weighted by atomic mass is 15.1. The third-order valence-corrected chi connectivity index (χ3v) is 11.8. The maximum atomic E-state index is 5.22. The van der Waals surface area contributed by atoms with Crippen molar-refractivity contribution in [1.29, 1.82) is 0 Å². The number of imidazole rings is 1. The molecule has 1 aliphatic carbocycles. The average molecular weight is 689 g/mol. The molecule has 54 heavy (non-hydrogen) atoms. The van der Waals surface area contributed by atoms with Crippen molar-refractivity contribution >= 4 is 43.4 Å². The Labute approximate surface area is 314 Å². The molecule has 0 N–H and O–H groups in total. The van der Waals surface area contributed by atoms with Gasteiger partial charge in [0.05, 0.1) is 16.7 Å². The van der Waals surface area contributed by atoms with Crippen molar-refractivity contribution in [2.75, 3.05) is 0 Å². The molecule has 0 saturated carbocycles. The van der Waals surface area contributed by atoms with Gasteiger partial charge in [0, 0.05) is 16.4 Å². The first-order valence-corrected chi connectivity index (χ1v) is 18.8. The fourth-order valence-electron chi connectivity index (χ4n) is 9.26. The Hall–Kier alpha value is -6.77. The molecule has 0 atom stereocenters. The summed E-state index contributed by atoms with van der Waals surface area (Å²) in [5.41, 5.74) is 14.7. The number of rotatable bonds is 4. The molecule has 0 radical (unpaired) electrons. The zero-order chi connectivity index (χ0) is 36.0. The molecule has 1 aromatic heterocycles. The normalized spacial score (nSPS) is 13.1. The molecule has 0 fully saturated rings. The number of nitrogens with zero attached hydrogens (tertiary/aromatic N) is 2. The van der Waals surface area contributed by atoms with Gasteiger partial charge in [0.2, 0.25) is 0 Å². The van der Waals surface area contributed by atoms with Crippen molar-refractivity contribution in [2.45, 2.75) is 19.3 Å². The predicted molar refractivity (Wildman–Crippen MR) is 227 cm³/mol. The van der Waals surface area contributed by atoms with Crippen molar-refractivity contribution < 1.29 is 0 Å². The van der Waals surface area contributed by atoms with E-state index < -0.39 is 0 Å². The summed E-state index contributed by atoms with van der Waals surface area (Å²) >= 11 is 0. The molecule has 9 aromatic carbocycles. The van der Waals surface area contributed by atoms with Gasteiger partial charge in [-0.3, -0.25) is 4.57 Å². The quantitative estimate of drug-likeness (QED) is 0.168. The molecule has 0 saturated heterocycles. The zero-order valence-electron chi connectivity index (χ0n) is 30.2. The van der Waals surface area contributed by atoms with Crippen LogP contribution in [0.1, 0.15) is 25.0 Å². The van der Waals surface area contributed by atoms with Crippen LogP contribution in [0.4, 0.5) is 0 Å². The summed E-state index contributed by atoms with van der Waals surface area (Å²) in [6, 6.07) is 66.5. The van der Waals surface area contributed by atoms with E-state index in [4.69, 9.17) is 4.98 Å². The lowest BCUT2D eigenvalue weighted by Gasteiger charge is -2.23. The van der Waals surface area contributed by atoms with Crippen LogP contribution in [-0.2, 0) is 5.41 Å². The van der Waals surface area contributed by atoms with Crippen LogP contribution in [0.5, 0.6) is 0 Å². The zero-order valence-corrected chi connectivity index (χ0v) is 30.2. The van der Waals surface area contributed by atoms with Crippen LogP contribution in [-0.4, -0.2) is 9.55 Å². The van der Waals surface area contributed by atoms with Gasteiger partial charge in [0.25, 0.3) is 0 Å². The van der Waals surface area contributed by atoms with E-state index in [1.807, 2.05) is 0 Å². The molecule has 0 bridgehead atoms. The summed E-state index contributed by atoms with van der Waals surface area (Å²) in [6.45, 7) is 4.73. The maximum absolute atomic E-state index is 5.22. The minimum absolute atomic E-state index is 0.0661. The monoisotopic (exact) mass is 688 g/mol. The fourth-order valence-corrected chi connectivity index (χ4v) is 9.26. The number of hydrogen-bond acceptors (Lipinski definition) is 1. The van der Waals surface area contributed by atoms with Crippen LogP contribution in [0.2, 0.25) is 0 Å². The van der Waals surface area contributed by atoms with E-state index in [0.29, 0.717) is 0 Å². The smallest absolute Gasteiger partial charge is 0.145 e. The molecule has 1 aliphatic rings. The van der Waals surface area contributed by atoms with Crippen molar-refractivity contribution in [2.24, 2.45) is 0 Å². The number of para-hydroxylation sites is 2. The second-order valence-corrected chi connectivity index (χ2v) is 15.1. The van der Waals surface area contributed by atoms with Crippen LogP contribution < -0.4 is 0 Å². The van der Waals surface area contributed by atoms with Gasteiger partial charge in [-0.2, -0.15) is 0 Å². The largest absolute Gasteiger partial charge is 0.292 e. The standard InChI is InChI=1S/C52H36N2/c1-52(2)44-22-10-9-17-38(44)39-31-30-36(32-45(39)52)50-42-20-7-5-18-40(42)49(41-19-6-8-21-43(41)50)34-26-28-35(29-27-34)51-53-46-23-11-12-24-48(46)54(51)47-25-13-15-33-14-3-4-16-37(33)47/h3-32H,1-2H3. The first-order valence-electron chi connectivity index (χ1n) is 18.8. The Bertz CT molecular complexity index is 3060. The van der Waals surface area contributed by atoms with E-state index in [9.17, 15) is 0 Å². The molecule has 0 amide bonds. The highest BCUT2D eigenvalue weighted by molar-refractivity contribution is 6.21. The topological polar surface area (TPSA) is 17.8 Å². The summed E-state index contributed by atoms with van der Waals surface area (Å²) in [7, 11) is 0. The molecule has 0 aliphatic heterocycles. The SMILES string of the molecule is CC1(C)c2ccccc2-c2ccc(-c3c4ccccc4c(-c4ccc(-c5nc6ccccc6n5-c5cccc6ccccc56)cc4)c4ccccc34)cc21. The third kappa shape index (κ3) is 4.44. The van der Waals surface area contributed by atoms with Crippen molar-refractivity contribution in [1.82, 2.24) is 9.55 Å². The average Bonchev–Trinajstić information content (AvgIpc) is 3.72. The summed E-state index contributed by atoms with van der Waals surface area (Å²) in [5.74, 6) is 0.936. The predicted octanol–water partition coefficient (Wildman–Crippen LogP) is 13.8. The van der Waals surface area contributed by atoms with Gasteiger partial charge in [-0.1, -0.05) is 172 Å². The minimum atomic E-state index is -0.0661. The Morgan fingerprint density at radius 3 is 1.70 bits per heavy atom. The molecule has 0 spiro atoms. The molecule has 11 rings (SSSR count). The highest BCUT2D eigenvalue weighted by Crippen LogP contribution is 2.51. The van der Waals surface area contributed by atoms with E-state index in [2.05, 4.69) is 200 Å². The van der Waals surface area contributed by atoms with Crippen LogP contribution in [0.25, 0.3) is 93.8 Å². The Morgan fingerprint density at radius 1 is 0.426 bits per heavy atom. The third-order valence-electron chi connectivity index (χ3n) is 11.8. The first-order chi connectivity index (χ1) is 26.6. The molecule has 0 unspecified atom stereocenters. The number of fused-ring (bicyclic) bond motifs is 7. The fraction of sp³-hybridized carbons (Fsp3) is 0.0577. The highest BCUT2D eigenvalue weighted by Gasteiger charge is 2.35. The van der Waals surface area contributed by atoms with Crippen LogP contribution in [0.15, 0.2) is 182 Å². The van der Waals surface area contributed by atoms with Gasteiger partial charge < -0.3 is 0 Å². The Kier molecular flexibility index (Phi) is 6.63. The lowest BCUT2D eigenvalue weighted by Crippen LogP contribution is -2.14. The Morgan fingerprint density at radius 2 is 0.963 bits per heavy atom. The summed E-state index contributed by atoms with van der Waals surface area (Å²) in [4.78, 5) is 5.22. The molecule has 254 valence electrons. The van der Waals surface area contributed by atoms with Gasteiger partial charge >= 0.3 is 0 Å². The van der Waals surface area contributed by atoms with Crippen LogP contribution in [0, 0.1) is 0 Å². The number of hydrogen-bond donors (Lipinski definition) is 0. The number of aromatic nitrogens is 2. The molecular weight excluding hydrogens is 653 g/mol. The van der Waals surface area contributed by atoms with Gasteiger partial charge in [-0.05, 0) is 95.7 Å². The van der Waals surface area contributed by atoms with Crippen LogP contribution >= 0.6 is 0 Å². The van der Waals surface area contributed by atoms with E-state index >= 15 is 0 Å². The van der Waals surface area contributed by atoms with Crippen molar-refractivity contribution in [3.05, 3.63) is 193 Å². The summed E-state index contributed by atoms with van der Waals surface area (Å²) in [5, 5.41) is 7.46. The molecule has 1 heterocycles. The first kappa shape index (κ1) is 30.8. The van der Waals surface area contributed by atoms with Gasteiger partial charge in [0.1, 0.15) is 5.82 Å². The molecule has 2 nitrogen and oxygen atoms in total. The minimum Gasteiger partial charge on any atom is -0.292 e. The second kappa shape index (κ2) is 11.6. The second-order valence-electron chi connectivity index (χ2n) is 15.1. The molecule has 2 heteroatoms. The lowest BCUT2D eigenvalue weighted by molar-refractivity contribution is 0.660. The lowest BCUT2D eigenvalue weighted by atomic mass is 9.80. The van der Waals surface area contributed by atoms with E-state index in [1.165, 1.54) is 76.8 Å². The molecular formula is C52H36N2. The van der Waals surface area contributed by atoms with Crippen molar-refractivity contribution in [3.63, 3.8) is 0 Å². The summed E-state index contributed by atoms with van der Waals surface area (Å²) < 4.78 is 2.32. The van der Waals surface area contributed by atoms with E-state index in [-0.39, 0.29) is 5.41 Å². The molecule has 10 aromatic rings. The number of benzene rings is 9. The van der Waals surface area contributed by atoms with E-state index in [0.717, 1.165) is 28.1 Å².